The number of rotatable bonds is 5. The molecule has 7 heteroatoms. The Kier molecular flexibility index (Phi) is 5.03. The second-order valence-corrected chi connectivity index (χ2v) is 5.65. The highest BCUT2D eigenvalue weighted by molar-refractivity contribution is 5.95. The zero-order valence-corrected chi connectivity index (χ0v) is 15.4. The molecule has 0 aliphatic heterocycles. The summed E-state index contributed by atoms with van der Waals surface area (Å²) in [5.41, 5.74) is 1.05. The fourth-order valence-electron chi connectivity index (χ4n) is 2.89. The number of benzene rings is 2. The van der Waals surface area contributed by atoms with Gasteiger partial charge in [-0.3, -0.25) is 9.59 Å². The molecule has 1 aromatic heterocycles. The first-order valence-corrected chi connectivity index (χ1v) is 8.13. The summed E-state index contributed by atoms with van der Waals surface area (Å²) in [6.45, 7) is 0. The van der Waals surface area contributed by atoms with Gasteiger partial charge in [-0.15, -0.1) is 0 Å². The second kappa shape index (κ2) is 7.41. The van der Waals surface area contributed by atoms with Gasteiger partial charge in [-0.2, -0.15) is 0 Å². The fraction of sp³-hybridized carbons (Fsp3) is 0.200. The van der Waals surface area contributed by atoms with Crippen molar-refractivity contribution < 1.29 is 23.4 Å². The molecule has 3 aromatic rings. The van der Waals surface area contributed by atoms with E-state index in [0.29, 0.717) is 28.4 Å². The smallest absolute Gasteiger partial charge is 0.251 e. The van der Waals surface area contributed by atoms with E-state index in [-0.39, 0.29) is 28.1 Å². The average molecular weight is 369 g/mol. The first-order chi connectivity index (χ1) is 13.0. The number of carbonyl (C=O) groups is 1. The molecule has 0 fully saturated rings. The second-order valence-electron chi connectivity index (χ2n) is 5.65. The van der Waals surface area contributed by atoms with Gasteiger partial charge in [-0.1, -0.05) is 12.1 Å². The molecule has 0 bridgehead atoms. The van der Waals surface area contributed by atoms with Crippen LogP contribution >= 0.6 is 0 Å². The van der Waals surface area contributed by atoms with Crippen molar-refractivity contribution in [2.24, 2.45) is 0 Å². The minimum absolute atomic E-state index is 0.229. The molecule has 0 spiro atoms. The molecule has 27 heavy (non-hydrogen) atoms. The highest BCUT2D eigenvalue weighted by Gasteiger charge is 2.21. The van der Waals surface area contributed by atoms with Crippen LogP contribution in [0.5, 0.6) is 17.2 Å². The van der Waals surface area contributed by atoms with E-state index in [4.69, 9.17) is 18.6 Å². The van der Waals surface area contributed by atoms with Crippen LogP contribution in [0.25, 0.3) is 22.3 Å². The van der Waals surface area contributed by atoms with Gasteiger partial charge in [0.1, 0.15) is 16.7 Å². The SMILES string of the molecule is CNC(=O)c1cccc(-c2cc(=O)c3c(OC)c(OC)c(OC)cc3o2)c1. The van der Waals surface area contributed by atoms with Gasteiger partial charge < -0.3 is 23.9 Å². The predicted molar refractivity (Wildman–Crippen MR) is 101 cm³/mol. The first kappa shape index (κ1) is 18.3. The van der Waals surface area contributed by atoms with Gasteiger partial charge in [0.25, 0.3) is 5.91 Å². The predicted octanol–water partition coefficient (Wildman–Crippen LogP) is 2.85. The number of nitrogens with one attached hydrogen (secondary N) is 1. The van der Waals surface area contributed by atoms with Gasteiger partial charge >= 0.3 is 0 Å². The molecule has 0 saturated carbocycles. The third kappa shape index (κ3) is 3.19. The van der Waals surface area contributed by atoms with Crippen LogP contribution < -0.4 is 25.0 Å². The van der Waals surface area contributed by atoms with Crippen molar-refractivity contribution in [3.05, 3.63) is 52.2 Å². The zero-order valence-electron chi connectivity index (χ0n) is 15.4. The lowest BCUT2D eigenvalue weighted by Gasteiger charge is -2.14. The molecule has 0 atom stereocenters. The van der Waals surface area contributed by atoms with Gasteiger partial charge in [0.05, 0.1) is 21.3 Å². The van der Waals surface area contributed by atoms with Crippen LogP contribution in [0.15, 0.2) is 45.6 Å². The van der Waals surface area contributed by atoms with Crippen molar-refractivity contribution in [2.45, 2.75) is 0 Å². The molecule has 1 amide bonds. The van der Waals surface area contributed by atoms with Crippen molar-refractivity contribution in [1.82, 2.24) is 5.32 Å². The summed E-state index contributed by atoms with van der Waals surface area (Å²) in [7, 11) is 5.94. The summed E-state index contributed by atoms with van der Waals surface area (Å²) in [5, 5.41) is 2.82. The Balaban J connectivity index is 2.26. The number of hydrogen-bond donors (Lipinski definition) is 1. The van der Waals surface area contributed by atoms with Gasteiger partial charge in [0.15, 0.2) is 16.9 Å². The summed E-state index contributed by atoms with van der Waals surface area (Å²) < 4.78 is 21.9. The minimum atomic E-state index is -0.297. The van der Waals surface area contributed by atoms with Crippen molar-refractivity contribution in [2.75, 3.05) is 28.4 Å². The van der Waals surface area contributed by atoms with Crippen LogP contribution in [0.2, 0.25) is 0 Å². The average Bonchev–Trinajstić information content (AvgIpc) is 2.71. The Bertz CT molecular complexity index is 1070. The quantitative estimate of drug-likeness (QED) is 0.744. The van der Waals surface area contributed by atoms with E-state index in [1.54, 1.807) is 37.4 Å². The minimum Gasteiger partial charge on any atom is -0.493 e. The van der Waals surface area contributed by atoms with E-state index in [9.17, 15) is 9.59 Å². The lowest BCUT2D eigenvalue weighted by Crippen LogP contribution is -2.17. The van der Waals surface area contributed by atoms with E-state index >= 15 is 0 Å². The molecule has 3 rings (SSSR count). The van der Waals surface area contributed by atoms with E-state index in [0.717, 1.165) is 0 Å². The first-order valence-electron chi connectivity index (χ1n) is 8.13. The van der Waals surface area contributed by atoms with Crippen LogP contribution in [0.3, 0.4) is 0 Å². The Morgan fingerprint density at radius 1 is 1.00 bits per heavy atom. The molecule has 1 N–H and O–H groups in total. The highest BCUT2D eigenvalue weighted by atomic mass is 16.5. The van der Waals surface area contributed by atoms with E-state index in [1.165, 1.54) is 27.4 Å². The largest absolute Gasteiger partial charge is 0.493 e. The van der Waals surface area contributed by atoms with Crippen LogP contribution in [0.1, 0.15) is 10.4 Å². The lowest BCUT2D eigenvalue weighted by atomic mass is 10.1. The van der Waals surface area contributed by atoms with E-state index in [1.807, 2.05) is 0 Å². The maximum Gasteiger partial charge on any atom is 0.251 e. The Hall–Kier alpha value is -3.48. The molecule has 2 aromatic carbocycles. The Labute approximate surface area is 155 Å². The molecule has 140 valence electrons. The molecular weight excluding hydrogens is 350 g/mol. The van der Waals surface area contributed by atoms with E-state index < -0.39 is 0 Å². The number of hydrogen-bond acceptors (Lipinski definition) is 6. The van der Waals surface area contributed by atoms with Gasteiger partial charge in [-0.05, 0) is 12.1 Å². The summed E-state index contributed by atoms with van der Waals surface area (Å²) in [6.07, 6.45) is 0. The third-order valence-electron chi connectivity index (χ3n) is 4.16. The monoisotopic (exact) mass is 369 g/mol. The van der Waals surface area contributed by atoms with Crippen LogP contribution in [-0.2, 0) is 0 Å². The maximum atomic E-state index is 12.8. The summed E-state index contributed by atoms with van der Waals surface area (Å²) in [6, 6.07) is 9.75. The Morgan fingerprint density at radius 3 is 2.37 bits per heavy atom. The number of methoxy groups -OCH3 is 3. The summed E-state index contributed by atoms with van der Waals surface area (Å²) >= 11 is 0. The molecule has 1 heterocycles. The van der Waals surface area contributed by atoms with Crippen LogP contribution in [0.4, 0.5) is 0 Å². The third-order valence-corrected chi connectivity index (χ3v) is 4.16. The van der Waals surface area contributed by atoms with Gasteiger partial charge in [0, 0.05) is 30.3 Å². The van der Waals surface area contributed by atoms with Crippen molar-refractivity contribution in [1.29, 1.82) is 0 Å². The fourth-order valence-corrected chi connectivity index (χ4v) is 2.89. The van der Waals surface area contributed by atoms with Gasteiger partial charge in [0.2, 0.25) is 5.75 Å². The molecular formula is C20H19NO6. The van der Waals surface area contributed by atoms with Crippen LogP contribution in [0, 0.1) is 0 Å². The van der Waals surface area contributed by atoms with Crippen LogP contribution in [-0.4, -0.2) is 34.3 Å². The highest BCUT2D eigenvalue weighted by Crippen LogP contribution is 2.42. The molecule has 0 saturated heterocycles. The van der Waals surface area contributed by atoms with Gasteiger partial charge in [-0.25, -0.2) is 0 Å². The summed E-state index contributed by atoms with van der Waals surface area (Å²) in [4.78, 5) is 24.6. The maximum absolute atomic E-state index is 12.8. The number of amides is 1. The van der Waals surface area contributed by atoms with Crippen molar-refractivity contribution in [3.63, 3.8) is 0 Å². The van der Waals surface area contributed by atoms with E-state index in [2.05, 4.69) is 5.32 Å². The number of carbonyl (C=O) groups excluding carboxylic acids is 1. The zero-order chi connectivity index (χ0) is 19.6. The molecule has 0 radical (unpaired) electrons. The number of ether oxygens (including phenoxy) is 3. The topological polar surface area (TPSA) is 87.0 Å². The van der Waals surface area contributed by atoms with Crippen molar-refractivity contribution >= 4 is 16.9 Å². The lowest BCUT2D eigenvalue weighted by molar-refractivity contribution is 0.0963. The molecule has 0 aliphatic carbocycles. The Morgan fingerprint density at radius 2 is 1.74 bits per heavy atom. The molecule has 0 unspecified atom stereocenters. The summed E-state index contributed by atoms with van der Waals surface area (Å²) in [5.74, 6) is 1.03. The number of fused-ring (bicyclic) bond motifs is 1. The standard InChI is InChI=1S/C20H19NO6/c1-21-20(23)12-7-5-6-11(8-12)14-9-13(22)17-15(27-14)10-16(24-2)18(25-3)19(17)26-4/h5-10H,1-4H3,(H,21,23). The molecule has 0 aliphatic rings. The normalized spacial score (nSPS) is 10.5. The molecule has 7 nitrogen and oxygen atoms in total. The van der Waals surface area contributed by atoms with Crippen molar-refractivity contribution in [3.8, 4) is 28.6 Å².